The second kappa shape index (κ2) is 8.68. The number of anilines is 1. The van der Waals surface area contributed by atoms with Gasteiger partial charge < -0.3 is 14.8 Å². The second-order valence-electron chi connectivity index (χ2n) is 7.77. The fraction of sp³-hybridized carbons (Fsp3) is 0.364. The van der Waals surface area contributed by atoms with Crippen molar-refractivity contribution < 1.29 is 22.7 Å². The number of amides is 1. The number of hydrogen-bond acceptors (Lipinski definition) is 7. The average molecular weight is 474 g/mol. The molecule has 0 radical (unpaired) electrons. The SMILES string of the molecule is O=C(Nc1nc2cc3c(cc2s1)OCCCO3)C1CCCCN1S(=O)(=O)c1ccccc1. The van der Waals surface area contributed by atoms with E-state index in [0.29, 0.717) is 48.3 Å². The van der Waals surface area contributed by atoms with Crippen LogP contribution in [0, 0.1) is 0 Å². The predicted octanol–water partition coefficient (Wildman–Crippen LogP) is 3.64. The van der Waals surface area contributed by atoms with Gasteiger partial charge in [-0.2, -0.15) is 4.31 Å². The van der Waals surface area contributed by atoms with Crippen molar-refractivity contribution in [3.8, 4) is 11.5 Å². The van der Waals surface area contributed by atoms with Gasteiger partial charge in [-0.3, -0.25) is 4.79 Å². The molecule has 0 aliphatic carbocycles. The summed E-state index contributed by atoms with van der Waals surface area (Å²) in [6.45, 7) is 1.49. The summed E-state index contributed by atoms with van der Waals surface area (Å²) >= 11 is 1.33. The van der Waals surface area contributed by atoms with Crippen LogP contribution in [-0.4, -0.2) is 49.4 Å². The minimum Gasteiger partial charge on any atom is -0.490 e. The third-order valence-electron chi connectivity index (χ3n) is 5.59. The van der Waals surface area contributed by atoms with Gasteiger partial charge in [-0.05, 0) is 25.0 Å². The summed E-state index contributed by atoms with van der Waals surface area (Å²) in [7, 11) is -3.77. The minimum absolute atomic E-state index is 0.196. The molecule has 3 heterocycles. The van der Waals surface area contributed by atoms with Crippen LogP contribution in [0.3, 0.4) is 0 Å². The molecule has 0 saturated carbocycles. The number of hydrogen-bond donors (Lipinski definition) is 1. The predicted molar refractivity (Wildman–Crippen MR) is 122 cm³/mol. The van der Waals surface area contributed by atoms with Crippen molar-refractivity contribution in [2.24, 2.45) is 0 Å². The normalized spacial score (nSPS) is 19.4. The maximum atomic E-state index is 13.2. The molecule has 32 heavy (non-hydrogen) atoms. The summed E-state index contributed by atoms with van der Waals surface area (Å²) < 4.78 is 40.0. The minimum atomic E-state index is -3.77. The number of aromatic nitrogens is 1. The van der Waals surface area contributed by atoms with Gasteiger partial charge in [0.1, 0.15) is 6.04 Å². The average Bonchev–Trinajstić information content (AvgIpc) is 3.05. The summed E-state index contributed by atoms with van der Waals surface area (Å²) in [5.74, 6) is 0.951. The van der Waals surface area contributed by atoms with Gasteiger partial charge in [0.15, 0.2) is 16.6 Å². The van der Waals surface area contributed by atoms with Crippen LogP contribution in [0.2, 0.25) is 0 Å². The number of sulfonamides is 1. The first-order chi connectivity index (χ1) is 15.5. The topological polar surface area (TPSA) is 97.8 Å². The molecule has 2 aliphatic heterocycles. The maximum Gasteiger partial charge on any atom is 0.244 e. The maximum absolute atomic E-state index is 13.2. The van der Waals surface area contributed by atoms with Crippen LogP contribution in [0.1, 0.15) is 25.7 Å². The fourth-order valence-electron chi connectivity index (χ4n) is 4.01. The lowest BCUT2D eigenvalue weighted by molar-refractivity contribution is -0.120. The lowest BCUT2D eigenvalue weighted by Crippen LogP contribution is -2.49. The van der Waals surface area contributed by atoms with E-state index in [9.17, 15) is 13.2 Å². The lowest BCUT2D eigenvalue weighted by atomic mass is 10.0. The molecule has 0 spiro atoms. The van der Waals surface area contributed by atoms with Gasteiger partial charge in [-0.15, -0.1) is 0 Å². The Balaban J connectivity index is 1.39. The monoisotopic (exact) mass is 473 g/mol. The molecule has 1 saturated heterocycles. The summed E-state index contributed by atoms with van der Waals surface area (Å²) in [5, 5.41) is 3.26. The van der Waals surface area contributed by atoms with E-state index in [4.69, 9.17) is 9.47 Å². The number of carbonyl (C=O) groups excluding carboxylic acids is 1. The van der Waals surface area contributed by atoms with Crippen LogP contribution in [-0.2, 0) is 14.8 Å². The molecule has 1 amide bonds. The molecule has 2 aromatic carbocycles. The zero-order chi connectivity index (χ0) is 22.1. The Morgan fingerprint density at radius 2 is 1.81 bits per heavy atom. The van der Waals surface area contributed by atoms with Crippen LogP contribution in [0.4, 0.5) is 5.13 Å². The Hall–Kier alpha value is -2.69. The Kier molecular flexibility index (Phi) is 5.75. The number of nitrogens with zero attached hydrogens (tertiary/aromatic N) is 2. The van der Waals surface area contributed by atoms with E-state index in [0.717, 1.165) is 24.0 Å². The van der Waals surface area contributed by atoms with E-state index in [2.05, 4.69) is 10.3 Å². The Morgan fingerprint density at radius 1 is 1.06 bits per heavy atom. The summed E-state index contributed by atoms with van der Waals surface area (Å²) in [6, 6.07) is 11.2. The number of rotatable bonds is 4. The molecule has 1 fully saturated rings. The molecule has 8 nitrogen and oxygen atoms in total. The molecule has 1 unspecified atom stereocenters. The van der Waals surface area contributed by atoms with Gasteiger partial charge in [0.25, 0.3) is 0 Å². The first-order valence-electron chi connectivity index (χ1n) is 10.6. The van der Waals surface area contributed by atoms with Crippen molar-refractivity contribution in [3.63, 3.8) is 0 Å². The van der Waals surface area contributed by atoms with Gasteiger partial charge in [-0.25, -0.2) is 13.4 Å². The van der Waals surface area contributed by atoms with Gasteiger partial charge in [0.05, 0.1) is 28.3 Å². The molecule has 2 aliphatic rings. The smallest absolute Gasteiger partial charge is 0.244 e. The number of carbonyl (C=O) groups is 1. The standard InChI is InChI=1S/C22H23N3O5S2/c26-21(17-9-4-5-10-25(17)32(27,28)15-7-2-1-3-8-15)24-22-23-16-13-18-19(14-20(16)31-22)30-12-6-11-29-18/h1-3,7-8,13-14,17H,4-6,9-12H2,(H,23,24,26). The zero-order valence-corrected chi connectivity index (χ0v) is 19.0. The molecular weight excluding hydrogens is 450 g/mol. The van der Waals surface area contributed by atoms with Gasteiger partial charge >= 0.3 is 0 Å². The van der Waals surface area contributed by atoms with Gasteiger partial charge in [0, 0.05) is 25.1 Å². The van der Waals surface area contributed by atoms with Gasteiger partial charge in [0.2, 0.25) is 15.9 Å². The molecule has 3 aromatic rings. The van der Waals surface area contributed by atoms with E-state index in [1.165, 1.54) is 15.6 Å². The highest BCUT2D eigenvalue weighted by Gasteiger charge is 2.37. The van der Waals surface area contributed by atoms with Crippen LogP contribution in [0.15, 0.2) is 47.4 Å². The first-order valence-corrected chi connectivity index (χ1v) is 12.9. The number of piperidine rings is 1. The Bertz CT molecular complexity index is 1200. The van der Waals surface area contributed by atoms with E-state index in [-0.39, 0.29) is 10.8 Å². The number of fused-ring (bicyclic) bond motifs is 2. The van der Waals surface area contributed by atoms with Crippen LogP contribution < -0.4 is 14.8 Å². The van der Waals surface area contributed by atoms with Crippen molar-refractivity contribution in [2.45, 2.75) is 36.6 Å². The molecule has 168 valence electrons. The highest BCUT2D eigenvalue weighted by Crippen LogP contribution is 2.38. The van der Waals surface area contributed by atoms with Crippen molar-refractivity contribution in [1.82, 2.24) is 9.29 Å². The first kappa shape index (κ1) is 21.2. The Morgan fingerprint density at radius 3 is 2.59 bits per heavy atom. The number of thiazole rings is 1. The molecule has 1 atom stereocenters. The van der Waals surface area contributed by atoms with Crippen LogP contribution in [0.5, 0.6) is 11.5 Å². The number of benzene rings is 2. The molecule has 1 aromatic heterocycles. The zero-order valence-electron chi connectivity index (χ0n) is 17.3. The highest BCUT2D eigenvalue weighted by molar-refractivity contribution is 7.89. The number of nitrogens with one attached hydrogen (secondary N) is 1. The van der Waals surface area contributed by atoms with E-state index < -0.39 is 16.1 Å². The molecule has 1 N–H and O–H groups in total. The van der Waals surface area contributed by atoms with Gasteiger partial charge in [-0.1, -0.05) is 36.0 Å². The van der Waals surface area contributed by atoms with Crippen molar-refractivity contribution in [1.29, 1.82) is 0 Å². The van der Waals surface area contributed by atoms with Crippen molar-refractivity contribution in [2.75, 3.05) is 25.1 Å². The van der Waals surface area contributed by atoms with Crippen LogP contribution in [0.25, 0.3) is 10.2 Å². The summed E-state index contributed by atoms with van der Waals surface area (Å²) in [4.78, 5) is 17.8. The largest absolute Gasteiger partial charge is 0.490 e. The lowest BCUT2D eigenvalue weighted by Gasteiger charge is -2.33. The fourth-order valence-corrected chi connectivity index (χ4v) is 6.57. The molecular formula is C22H23N3O5S2. The number of ether oxygens (including phenoxy) is 2. The van der Waals surface area contributed by atoms with Crippen molar-refractivity contribution in [3.05, 3.63) is 42.5 Å². The van der Waals surface area contributed by atoms with E-state index in [1.54, 1.807) is 30.3 Å². The highest BCUT2D eigenvalue weighted by atomic mass is 32.2. The molecule has 0 bridgehead atoms. The quantitative estimate of drug-likeness (QED) is 0.621. The molecule has 5 rings (SSSR count). The Labute approximate surface area is 190 Å². The third-order valence-corrected chi connectivity index (χ3v) is 8.45. The molecule has 10 heteroatoms. The van der Waals surface area contributed by atoms with Crippen LogP contribution >= 0.6 is 11.3 Å². The summed E-state index contributed by atoms with van der Waals surface area (Å²) in [5.41, 5.74) is 0.701. The van der Waals surface area contributed by atoms with Crippen molar-refractivity contribution >= 4 is 42.6 Å². The van der Waals surface area contributed by atoms with E-state index >= 15 is 0 Å². The summed E-state index contributed by atoms with van der Waals surface area (Å²) in [6.07, 6.45) is 2.81. The van der Waals surface area contributed by atoms with E-state index in [1.807, 2.05) is 12.1 Å². The second-order valence-corrected chi connectivity index (χ2v) is 10.7. The third kappa shape index (κ3) is 4.05.